The molecule has 0 bridgehead atoms. The fourth-order valence-corrected chi connectivity index (χ4v) is 3.57. The van der Waals surface area contributed by atoms with Gasteiger partial charge in [-0.1, -0.05) is 6.07 Å². The molecular formula is C16H16N6. The minimum atomic E-state index is 0.421. The zero-order valence-electron chi connectivity index (χ0n) is 12.2. The monoisotopic (exact) mass is 292 g/mol. The van der Waals surface area contributed by atoms with Crippen LogP contribution in [-0.2, 0) is 12.8 Å². The highest BCUT2D eigenvalue weighted by Gasteiger charge is 2.34. The zero-order chi connectivity index (χ0) is 14.5. The first-order chi connectivity index (χ1) is 10.9. The Bertz CT molecular complexity index is 849. The SMILES string of the molecule is c1ccn2c(C3CN(c4ncnc5c4CCC5)C3)nnc2c1. The average molecular weight is 292 g/mol. The van der Waals surface area contributed by atoms with Gasteiger partial charge in [-0.25, -0.2) is 9.97 Å². The van der Waals surface area contributed by atoms with Crippen molar-refractivity contribution in [2.45, 2.75) is 25.2 Å². The van der Waals surface area contributed by atoms with Gasteiger partial charge < -0.3 is 4.90 Å². The van der Waals surface area contributed by atoms with E-state index in [-0.39, 0.29) is 0 Å². The van der Waals surface area contributed by atoms with Crippen LogP contribution in [0.25, 0.3) is 5.65 Å². The minimum Gasteiger partial charge on any atom is -0.355 e. The normalized spacial score (nSPS) is 17.7. The number of hydrogen-bond acceptors (Lipinski definition) is 5. The van der Waals surface area contributed by atoms with Crippen molar-refractivity contribution < 1.29 is 0 Å². The van der Waals surface area contributed by atoms with Gasteiger partial charge in [0.25, 0.3) is 0 Å². The van der Waals surface area contributed by atoms with Crippen LogP contribution in [0.3, 0.4) is 0 Å². The Morgan fingerprint density at radius 2 is 2.00 bits per heavy atom. The molecule has 0 atom stereocenters. The van der Waals surface area contributed by atoms with E-state index in [2.05, 4.69) is 29.5 Å². The Balaban J connectivity index is 1.42. The molecule has 5 rings (SSSR count). The first-order valence-corrected chi connectivity index (χ1v) is 7.77. The first-order valence-electron chi connectivity index (χ1n) is 7.77. The van der Waals surface area contributed by atoms with Gasteiger partial charge in [-0.15, -0.1) is 10.2 Å². The molecule has 0 amide bonds. The van der Waals surface area contributed by atoms with E-state index in [1.54, 1.807) is 6.33 Å². The van der Waals surface area contributed by atoms with Gasteiger partial charge in [-0.3, -0.25) is 4.40 Å². The van der Waals surface area contributed by atoms with Crippen molar-refractivity contribution in [3.63, 3.8) is 0 Å². The third kappa shape index (κ3) is 1.66. The molecule has 0 N–H and O–H groups in total. The van der Waals surface area contributed by atoms with Crippen LogP contribution in [0.2, 0.25) is 0 Å². The predicted molar refractivity (Wildman–Crippen MR) is 82.0 cm³/mol. The van der Waals surface area contributed by atoms with E-state index >= 15 is 0 Å². The first kappa shape index (κ1) is 12.1. The molecule has 0 saturated carbocycles. The van der Waals surface area contributed by atoms with Gasteiger partial charge >= 0.3 is 0 Å². The topological polar surface area (TPSA) is 59.2 Å². The molecule has 1 aliphatic heterocycles. The number of aromatic nitrogens is 5. The highest BCUT2D eigenvalue weighted by atomic mass is 15.3. The highest BCUT2D eigenvalue weighted by molar-refractivity contribution is 5.53. The van der Waals surface area contributed by atoms with E-state index in [1.165, 1.54) is 17.7 Å². The van der Waals surface area contributed by atoms with E-state index in [1.807, 2.05) is 24.4 Å². The molecule has 6 nitrogen and oxygen atoms in total. The summed E-state index contributed by atoms with van der Waals surface area (Å²) in [5.74, 6) is 2.61. The van der Waals surface area contributed by atoms with Crippen LogP contribution in [0.15, 0.2) is 30.7 Å². The number of rotatable bonds is 2. The number of fused-ring (bicyclic) bond motifs is 2. The Morgan fingerprint density at radius 1 is 1.05 bits per heavy atom. The summed E-state index contributed by atoms with van der Waals surface area (Å²) in [7, 11) is 0. The molecule has 1 saturated heterocycles. The average Bonchev–Trinajstić information content (AvgIpc) is 3.13. The molecular weight excluding hydrogens is 276 g/mol. The number of aryl methyl sites for hydroxylation is 1. The summed E-state index contributed by atoms with van der Waals surface area (Å²) in [6.07, 6.45) is 7.15. The molecule has 22 heavy (non-hydrogen) atoms. The van der Waals surface area contributed by atoms with Crippen LogP contribution < -0.4 is 4.90 Å². The second-order valence-electron chi connectivity index (χ2n) is 6.07. The van der Waals surface area contributed by atoms with Crippen molar-refractivity contribution in [1.29, 1.82) is 0 Å². The van der Waals surface area contributed by atoms with Crippen LogP contribution in [0, 0.1) is 0 Å². The van der Waals surface area contributed by atoms with E-state index in [4.69, 9.17) is 0 Å². The van der Waals surface area contributed by atoms with Crippen molar-refractivity contribution in [3.8, 4) is 0 Å². The largest absolute Gasteiger partial charge is 0.355 e. The lowest BCUT2D eigenvalue weighted by molar-refractivity contribution is 0.491. The summed E-state index contributed by atoms with van der Waals surface area (Å²) in [6, 6.07) is 6.00. The van der Waals surface area contributed by atoms with Crippen LogP contribution in [0.5, 0.6) is 0 Å². The molecule has 0 unspecified atom stereocenters. The molecule has 0 radical (unpaired) electrons. The summed E-state index contributed by atoms with van der Waals surface area (Å²) in [4.78, 5) is 11.3. The van der Waals surface area contributed by atoms with Gasteiger partial charge in [0.1, 0.15) is 18.0 Å². The summed E-state index contributed by atoms with van der Waals surface area (Å²) >= 11 is 0. The van der Waals surface area contributed by atoms with Crippen LogP contribution in [-0.4, -0.2) is 37.7 Å². The van der Waals surface area contributed by atoms with Gasteiger partial charge in [0.2, 0.25) is 0 Å². The van der Waals surface area contributed by atoms with Crippen LogP contribution in [0.1, 0.15) is 29.4 Å². The maximum Gasteiger partial charge on any atom is 0.160 e. The van der Waals surface area contributed by atoms with Crippen molar-refractivity contribution in [3.05, 3.63) is 47.8 Å². The van der Waals surface area contributed by atoms with Crippen molar-refractivity contribution in [1.82, 2.24) is 24.6 Å². The molecule has 3 aromatic heterocycles. The summed E-state index contributed by atoms with van der Waals surface area (Å²) in [5, 5.41) is 8.62. The molecule has 6 heteroatoms. The molecule has 2 aliphatic rings. The fraction of sp³-hybridized carbons (Fsp3) is 0.375. The molecule has 4 heterocycles. The molecule has 3 aromatic rings. The Hall–Kier alpha value is -2.50. The fourth-order valence-electron chi connectivity index (χ4n) is 3.57. The van der Waals surface area contributed by atoms with E-state index in [0.29, 0.717) is 5.92 Å². The predicted octanol–water partition coefficient (Wildman–Crippen LogP) is 1.61. The van der Waals surface area contributed by atoms with Gasteiger partial charge in [-0.05, 0) is 31.4 Å². The highest BCUT2D eigenvalue weighted by Crippen LogP contribution is 2.34. The van der Waals surface area contributed by atoms with Crippen molar-refractivity contribution >= 4 is 11.5 Å². The zero-order valence-corrected chi connectivity index (χ0v) is 12.2. The van der Waals surface area contributed by atoms with Crippen molar-refractivity contribution in [2.75, 3.05) is 18.0 Å². The van der Waals surface area contributed by atoms with Crippen LogP contribution >= 0.6 is 0 Å². The van der Waals surface area contributed by atoms with Crippen LogP contribution in [0.4, 0.5) is 5.82 Å². The lowest BCUT2D eigenvalue weighted by atomic mass is 9.98. The van der Waals surface area contributed by atoms with Gasteiger partial charge in [0.15, 0.2) is 5.65 Å². The molecule has 110 valence electrons. The lowest BCUT2D eigenvalue weighted by Gasteiger charge is -2.39. The molecule has 0 spiro atoms. The third-order valence-corrected chi connectivity index (χ3v) is 4.74. The number of pyridine rings is 1. The van der Waals surface area contributed by atoms with E-state index in [0.717, 1.165) is 43.2 Å². The maximum atomic E-state index is 4.52. The summed E-state index contributed by atoms with van der Waals surface area (Å²) in [5.41, 5.74) is 3.51. The van der Waals surface area contributed by atoms with Gasteiger partial charge in [0.05, 0.1) is 5.92 Å². The second kappa shape index (κ2) is 4.50. The van der Waals surface area contributed by atoms with Crippen molar-refractivity contribution in [2.24, 2.45) is 0 Å². The number of anilines is 1. The smallest absolute Gasteiger partial charge is 0.160 e. The Morgan fingerprint density at radius 3 is 2.95 bits per heavy atom. The Kier molecular flexibility index (Phi) is 2.47. The molecule has 1 aliphatic carbocycles. The van der Waals surface area contributed by atoms with Gasteiger partial charge in [0, 0.05) is 30.5 Å². The lowest BCUT2D eigenvalue weighted by Crippen LogP contribution is -2.46. The maximum absolute atomic E-state index is 4.52. The number of nitrogens with zero attached hydrogens (tertiary/aromatic N) is 6. The third-order valence-electron chi connectivity index (χ3n) is 4.74. The summed E-state index contributed by atoms with van der Waals surface area (Å²) < 4.78 is 2.09. The number of hydrogen-bond donors (Lipinski definition) is 0. The van der Waals surface area contributed by atoms with Gasteiger partial charge in [-0.2, -0.15) is 0 Å². The molecule has 1 fully saturated rings. The van der Waals surface area contributed by atoms with E-state index in [9.17, 15) is 0 Å². The second-order valence-corrected chi connectivity index (χ2v) is 6.07. The molecule has 0 aromatic carbocycles. The van der Waals surface area contributed by atoms with E-state index < -0.39 is 0 Å². The Labute approximate surface area is 127 Å². The quantitative estimate of drug-likeness (QED) is 0.718. The summed E-state index contributed by atoms with van der Waals surface area (Å²) in [6.45, 7) is 1.91. The standard InChI is InChI=1S/C16H16N6/c1-2-7-22-14(6-1)19-20-15(22)11-8-21(9-11)16-12-4-3-5-13(12)17-10-18-16/h1-2,6-7,10-11H,3-5,8-9H2. The minimum absolute atomic E-state index is 0.421.